The third-order valence-corrected chi connectivity index (χ3v) is 3.52. The number of hydrogen-bond donors (Lipinski definition) is 2. The highest BCUT2D eigenvalue weighted by Crippen LogP contribution is 2.14. The summed E-state index contributed by atoms with van der Waals surface area (Å²) in [5.41, 5.74) is 0.883. The number of carbonyl (C=O) groups excluding carboxylic acids is 1. The van der Waals surface area contributed by atoms with Gasteiger partial charge in [0.1, 0.15) is 5.01 Å². The van der Waals surface area contributed by atoms with E-state index in [1.54, 1.807) is 6.20 Å². The molecule has 0 spiro atoms. The molecule has 0 aliphatic carbocycles. The Balaban J connectivity index is 1.78. The second-order valence-corrected chi connectivity index (χ2v) is 4.98. The quantitative estimate of drug-likeness (QED) is 0.880. The minimum absolute atomic E-state index is 0.110. The number of amides is 2. The number of rotatable bonds is 5. The van der Waals surface area contributed by atoms with E-state index in [4.69, 9.17) is 4.52 Å². The highest BCUT2D eigenvalue weighted by Gasteiger charge is 2.11. The summed E-state index contributed by atoms with van der Waals surface area (Å²) in [5.74, 6) is 0.647. The monoisotopic (exact) mass is 280 g/mol. The molecule has 2 aromatic heterocycles. The van der Waals surface area contributed by atoms with E-state index < -0.39 is 0 Å². The molecule has 0 fully saturated rings. The Morgan fingerprint density at radius 1 is 1.58 bits per heavy atom. The Morgan fingerprint density at radius 2 is 2.42 bits per heavy atom. The van der Waals surface area contributed by atoms with Crippen LogP contribution in [0, 0.1) is 0 Å². The van der Waals surface area contributed by atoms with Crippen LogP contribution in [0.1, 0.15) is 36.4 Å². The summed E-state index contributed by atoms with van der Waals surface area (Å²) in [5, 5.41) is 12.1. The summed E-state index contributed by atoms with van der Waals surface area (Å²) in [7, 11) is 0. The predicted octanol–water partition coefficient (Wildman–Crippen LogP) is 2.25. The number of urea groups is 1. The summed E-state index contributed by atoms with van der Waals surface area (Å²) in [6.07, 6.45) is 2.54. The summed E-state index contributed by atoms with van der Waals surface area (Å²) in [6, 6.07) is 1.47. The van der Waals surface area contributed by atoms with Crippen molar-refractivity contribution in [3.05, 3.63) is 34.1 Å². The van der Waals surface area contributed by atoms with Crippen LogP contribution in [0.4, 0.5) is 4.79 Å². The zero-order valence-electron chi connectivity index (χ0n) is 10.8. The molecule has 7 heteroatoms. The fraction of sp³-hybridized carbons (Fsp3) is 0.417. The van der Waals surface area contributed by atoms with Crippen LogP contribution < -0.4 is 10.6 Å². The van der Waals surface area contributed by atoms with E-state index in [0.29, 0.717) is 12.3 Å². The van der Waals surface area contributed by atoms with Crippen LogP contribution >= 0.6 is 11.3 Å². The Morgan fingerprint density at radius 3 is 3.05 bits per heavy atom. The number of hydrogen-bond acceptors (Lipinski definition) is 5. The van der Waals surface area contributed by atoms with Crippen LogP contribution in [0.5, 0.6) is 0 Å². The molecule has 2 amide bonds. The molecule has 0 saturated carbocycles. The van der Waals surface area contributed by atoms with Gasteiger partial charge >= 0.3 is 6.03 Å². The van der Waals surface area contributed by atoms with E-state index in [0.717, 1.165) is 17.1 Å². The highest BCUT2D eigenvalue weighted by atomic mass is 32.1. The van der Waals surface area contributed by atoms with Crippen molar-refractivity contribution < 1.29 is 9.32 Å². The molecule has 19 heavy (non-hydrogen) atoms. The van der Waals surface area contributed by atoms with Crippen LogP contribution in [0.25, 0.3) is 0 Å². The average Bonchev–Trinajstić information content (AvgIpc) is 3.07. The maximum absolute atomic E-state index is 11.7. The average molecular weight is 280 g/mol. The van der Waals surface area contributed by atoms with Gasteiger partial charge in [-0.3, -0.25) is 0 Å². The molecule has 2 N–H and O–H groups in total. The van der Waals surface area contributed by atoms with Crippen LogP contribution in [0.3, 0.4) is 0 Å². The van der Waals surface area contributed by atoms with Crippen molar-refractivity contribution in [1.29, 1.82) is 0 Å². The number of thiazole rings is 1. The predicted molar refractivity (Wildman–Crippen MR) is 71.8 cm³/mol. The lowest BCUT2D eigenvalue weighted by Crippen LogP contribution is -2.36. The van der Waals surface area contributed by atoms with Gasteiger partial charge in [-0.25, -0.2) is 9.78 Å². The van der Waals surface area contributed by atoms with Gasteiger partial charge in [-0.1, -0.05) is 12.1 Å². The van der Waals surface area contributed by atoms with Crippen molar-refractivity contribution in [3.8, 4) is 0 Å². The number of nitrogens with one attached hydrogen (secondary N) is 2. The first-order valence-corrected chi connectivity index (χ1v) is 6.95. The van der Waals surface area contributed by atoms with Crippen molar-refractivity contribution in [2.24, 2.45) is 0 Å². The molecule has 0 unspecified atom stereocenters. The number of carbonyl (C=O) groups is 1. The van der Waals surface area contributed by atoms with Crippen LogP contribution in [0.2, 0.25) is 0 Å². The molecule has 0 saturated heterocycles. The molecule has 0 bridgehead atoms. The molecule has 1 atom stereocenters. The molecule has 0 aliphatic heterocycles. The molecule has 102 valence electrons. The zero-order chi connectivity index (χ0) is 13.7. The van der Waals surface area contributed by atoms with Crippen LogP contribution in [-0.2, 0) is 13.0 Å². The van der Waals surface area contributed by atoms with Gasteiger partial charge in [0.05, 0.1) is 18.3 Å². The van der Waals surface area contributed by atoms with Crippen molar-refractivity contribution >= 4 is 17.4 Å². The van der Waals surface area contributed by atoms with Gasteiger partial charge in [0.15, 0.2) is 5.76 Å². The zero-order valence-corrected chi connectivity index (χ0v) is 11.7. The Bertz CT molecular complexity index is 524. The summed E-state index contributed by atoms with van der Waals surface area (Å²) in [6.45, 7) is 4.21. The minimum atomic E-state index is -0.253. The van der Waals surface area contributed by atoms with Gasteiger partial charge in [0, 0.05) is 17.6 Å². The maximum Gasteiger partial charge on any atom is 0.315 e. The van der Waals surface area contributed by atoms with Gasteiger partial charge in [-0.05, 0) is 13.3 Å². The van der Waals surface area contributed by atoms with Crippen LogP contribution in [0.15, 0.2) is 22.2 Å². The molecule has 0 aromatic carbocycles. The second kappa shape index (κ2) is 6.33. The fourth-order valence-corrected chi connectivity index (χ4v) is 2.18. The van der Waals surface area contributed by atoms with E-state index in [-0.39, 0.29) is 12.1 Å². The van der Waals surface area contributed by atoms with E-state index in [9.17, 15) is 4.79 Å². The van der Waals surface area contributed by atoms with Crippen molar-refractivity contribution in [3.63, 3.8) is 0 Å². The number of nitrogens with zero attached hydrogens (tertiary/aromatic N) is 2. The summed E-state index contributed by atoms with van der Waals surface area (Å²) >= 11 is 1.51. The lowest BCUT2D eigenvalue weighted by molar-refractivity contribution is 0.236. The minimum Gasteiger partial charge on any atom is -0.359 e. The van der Waals surface area contributed by atoms with Gasteiger partial charge in [-0.15, -0.1) is 11.3 Å². The number of aryl methyl sites for hydroxylation is 1. The van der Waals surface area contributed by atoms with E-state index in [1.165, 1.54) is 11.3 Å². The fourth-order valence-electron chi connectivity index (χ4n) is 1.53. The van der Waals surface area contributed by atoms with Crippen molar-refractivity contribution in [1.82, 2.24) is 20.8 Å². The molecule has 0 radical (unpaired) electrons. The molecule has 2 heterocycles. The van der Waals surface area contributed by atoms with Crippen molar-refractivity contribution in [2.45, 2.75) is 32.9 Å². The normalized spacial score (nSPS) is 12.1. The Labute approximate surface area is 115 Å². The van der Waals surface area contributed by atoms with Gasteiger partial charge in [0.25, 0.3) is 0 Å². The topological polar surface area (TPSA) is 80.0 Å². The molecule has 2 rings (SSSR count). The van der Waals surface area contributed by atoms with Crippen molar-refractivity contribution in [2.75, 3.05) is 0 Å². The molecule has 6 nitrogen and oxygen atoms in total. The Hall–Kier alpha value is -1.89. The van der Waals surface area contributed by atoms with Gasteiger partial charge < -0.3 is 15.2 Å². The first-order valence-electron chi connectivity index (χ1n) is 6.07. The lowest BCUT2D eigenvalue weighted by atomic mass is 10.3. The smallest absolute Gasteiger partial charge is 0.315 e. The van der Waals surface area contributed by atoms with Gasteiger partial charge in [-0.2, -0.15) is 0 Å². The second-order valence-electron chi connectivity index (χ2n) is 4.06. The largest absolute Gasteiger partial charge is 0.359 e. The third-order valence-electron chi connectivity index (χ3n) is 2.56. The maximum atomic E-state index is 11.7. The first kappa shape index (κ1) is 13.5. The number of aromatic nitrogens is 2. The highest BCUT2D eigenvalue weighted by molar-refractivity contribution is 7.09. The molecular weight excluding hydrogens is 264 g/mol. The van der Waals surface area contributed by atoms with E-state index in [1.807, 2.05) is 25.3 Å². The third kappa shape index (κ3) is 3.78. The molecular formula is C12H16N4O2S. The van der Waals surface area contributed by atoms with Gasteiger partial charge in [0.2, 0.25) is 0 Å². The summed E-state index contributed by atoms with van der Waals surface area (Å²) < 4.78 is 5.08. The lowest BCUT2D eigenvalue weighted by Gasteiger charge is -2.11. The Kier molecular flexibility index (Phi) is 4.51. The molecule has 0 aliphatic rings. The van der Waals surface area contributed by atoms with E-state index in [2.05, 4.69) is 20.8 Å². The first-order chi connectivity index (χ1) is 9.19. The molecule has 2 aromatic rings. The van der Waals surface area contributed by atoms with Crippen LogP contribution in [-0.4, -0.2) is 16.2 Å². The van der Waals surface area contributed by atoms with E-state index >= 15 is 0 Å². The SMILES string of the molecule is CCc1cc(CNC(=O)N[C@H](C)c2nccs2)on1. The summed E-state index contributed by atoms with van der Waals surface area (Å²) in [4.78, 5) is 15.8. The standard InChI is InChI=1S/C12H16N4O2S/c1-3-9-6-10(18-16-9)7-14-12(17)15-8(2)11-13-4-5-19-11/h4-6,8H,3,7H2,1-2H3,(H2,14,15,17)/t8-/m1/s1.